The Morgan fingerprint density at radius 3 is 2.44 bits per heavy atom. The largest absolute Gasteiger partial charge is 0.273 e. The van der Waals surface area contributed by atoms with E-state index in [-0.39, 0.29) is 20.5 Å². The Labute approximate surface area is 208 Å². The number of hydrogen-bond donors (Lipinski definition) is 0. The Bertz CT molecular complexity index is 1820. The van der Waals surface area contributed by atoms with Crippen LogP contribution in [0, 0.1) is 28.5 Å². The second-order valence-electron chi connectivity index (χ2n) is 7.56. The predicted octanol–water partition coefficient (Wildman–Crippen LogP) is 3.31. The highest BCUT2D eigenvalue weighted by molar-refractivity contribution is 7.07. The third-order valence-electron chi connectivity index (χ3n) is 5.34. The molecular weight excluding hydrogens is 475 g/mol. The summed E-state index contributed by atoms with van der Waals surface area (Å²) in [5.41, 5.74) is 1.90. The van der Waals surface area contributed by atoms with Crippen molar-refractivity contribution in [3.8, 4) is 34.8 Å². The average Bonchev–Trinajstić information content (AvgIpc) is 3.48. The molecule has 3 heterocycles. The smallest absolute Gasteiger partial charge is 0.267 e. The van der Waals surface area contributed by atoms with Gasteiger partial charge in [0.05, 0.1) is 15.9 Å². The lowest BCUT2D eigenvalue weighted by molar-refractivity contribution is 0.616. The van der Waals surface area contributed by atoms with Gasteiger partial charge in [-0.25, -0.2) is 9.07 Å². The fraction of sp³-hybridized carbons (Fsp3) is 0. The minimum Gasteiger partial charge on any atom is -0.267 e. The van der Waals surface area contributed by atoms with Gasteiger partial charge < -0.3 is 0 Å². The van der Waals surface area contributed by atoms with Crippen LogP contribution in [0.5, 0.6) is 0 Å². The molecule has 3 aromatic heterocycles. The van der Waals surface area contributed by atoms with E-state index in [1.807, 2.05) is 48.5 Å². The van der Waals surface area contributed by atoms with Gasteiger partial charge in [0.15, 0.2) is 5.57 Å². The van der Waals surface area contributed by atoms with Crippen LogP contribution in [-0.4, -0.2) is 19.3 Å². The third-order valence-corrected chi connectivity index (χ3v) is 6.43. The molecule has 7 nitrogen and oxygen atoms in total. The first-order chi connectivity index (χ1) is 17.6. The van der Waals surface area contributed by atoms with E-state index in [0.29, 0.717) is 11.3 Å². The molecule has 0 aliphatic carbocycles. The first kappa shape index (κ1) is 22.7. The molecule has 0 spiro atoms. The minimum absolute atomic E-state index is 0.0381. The van der Waals surface area contributed by atoms with Crippen LogP contribution < -0.4 is 14.8 Å². The second kappa shape index (κ2) is 9.63. The lowest BCUT2D eigenvalue weighted by atomic mass is 10.1. The number of pyridine rings is 1. The van der Waals surface area contributed by atoms with Crippen molar-refractivity contribution in [1.82, 2.24) is 19.3 Å². The Balaban J connectivity index is 1.82. The molecule has 0 radical (unpaired) electrons. The molecule has 0 aliphatic rings. The van der Waals surface area contributed by atoms with E-state index < -0.39 is 11.4 Å². The Hall–Kier alpha value is -5.12. The summed E-state index contributed by atoms with van der Waals surface area (Å²) in [4.78, 5) is 17.7. The number of nitriles is 2. The summed E-state index contributed by atoms with van der Waals surface area (Å²) in [5.74, 6) is -0.645. The van der Waals surface area contributed by atoms with E-state index in [9.17, 15) is 19.7 Å². The zero-order valence-electron chi connectivity index (χ0n) is 18.5. The first-order valence-corrected chi connectivity index (χ1v) is 11.5. The molecule has 172 valence electrons. The molecule has 5 rings (SSSR count). The summed E-state index contributed by atoms with van der Waals surface area (Å²) in [6.45, 7) is 0. The van der Waals surface area contributed by atoms with Gasteiger partial charge in [-0.2, -0.15) is 15.6 Å². The number of halogens is 1. The van der Waals surface area contributed by atoms with Crippen molar-refractivity contribution < 1.29 is 4.39 Å². The third kappa shape index (κ3) is 4.11. The first-order valence-electron chi connectivity index (χ1n) is 10.7. The van der Waals surface area contributed by atoms with Crippen LogP contribution in [0.25, 0.3) is 34.3 Å². The Morgan fingerprint density at radius 2 is 1.75 bits per heavy atom. The van der Waals surface area contributed by atoms with Crippen LogP contribution in [-0.2, 0) is 0 Å². The topological polar surface area (TPSA) is 100 Å². The second-order valence-corrected chi connectivity index (χ2v) is 8.59. The van der Waals surface area contributed by atoms with E-state index >= 15 is 0 Å². The highest BCUT2D eigenvalue weighted by atomic mass is 32.1. The summed E-state index contributed by atoms with van der Waals surface area (Å²) >= 11 is 0.944. The van der Waals surface area contributed by atoms with Crippen LogP contribution in [0.3, 0.4) is 0 Å². The van der Waals surface area contributed by atoms with Crippen LogP contribution in [0.4, 0.5) is 4.39 Å². The van der Waals surface area contributed by atoms with Gasteiger partial charge in [0.1, 0.15) is 28.3 Å². The average molecular weight is 491 g/mol. The summed E-state index contributed by atoms with van der Waals surface area (Å²) < 4.78 is 17.7. The van der Waals surface area contributed by atoms with Crippen LogP contribution in [0.1, 0.15) is 5.56 Å². The summed E-state index contributed by atoms with van der Waals surface area (Å²) in [6.07, 6.45) is 6.74. The molecule has 36 heavy (non-hydrogen) atoms. The summed E-state index contributed by atoms with van der Waals surface area (Å²) in [6, 6.07) is 22.5. The molecule has 0 saturated carbocycles. The van der Waals surface area contributed by atoms with Crippen molar-refractivity contribution in [2.75, 3.05) is 0 Å². The predicted molar refractivity (Wildman–Crippen MR) is 134 cm³/mol. The van der Waals surface area contributed by atoms with Gasteiger partial charge in [-0.3, -0.25) is 14.3 Å². The van der Waals surface area contributed by atoms with Crippen molar-refractivity contribution >= 4 is 23.0 Å². The van der Waals surface area contributed by atoms with Gasteiger partial charge in [0.2, 0.25) is 0 Å². The van der Waals surface area contributed by atoms with E-state index in [4.69, 9.17) is 5.10 Å². The number of thiazole rings is 1. The molecular formula is C27H15FN6OS. The minimum atomic E-state index is -0.645. The quantitative estimate of drug-likeness (QED) is 0.385. The van der Waals surface area contributed by atoms with Crippen molar-refractivity contribution in [1.29, 1.82) is 10.5 Å². The molecule has 5 aromatic rings. The standard InChI is InChI=1S/C27H15FN6OS/c28-22-10-4-5-11-23(22)34-26(35)24(36-27(34)20(14-29)15-30)13-19-17-33(21-8-2-1-3-9-21)32-25(19)18-7-6-12-31-16-18/h1-13,16-17H. The van der Waals surface area contributed by atoms with E-state index in [2.05, 4.69) is 4.98 Å². The molecule has 0 unspecified atom stereocenters. The maximum absolute atomic E-state index is 14.7. The fourth-order valence-corrected chi connectivity index (χ4v) is 4.74. The number of para-hydroxylation sites is 2. The van der Waals surface area contributed by atoms with Gasteiger partial charge >= 0.3 is 0 Å². The zero-order chi connectivity index (χ0) is 25.1. The van der Waals surface area contributed by atoms with Gasteiger partial charge in [0.25, 0.3) is 5.56 Å². The van der Waals surface area contributed by atoms with Crippen LogP contribution >= 0.6 is 11.3 Å². The Kier molecular flexibility index (Phi) is 6.06. The monoisotopic (exact) mass is 490 g/mol. The maximum Gasteiger partial charge on any atom is 0.273 e. The van der Waals surface area contributed by atoms with Gasteiger partial charge in [-0.05, 0) is 42.5 Å². The van der Waals surface area contributed by atoms with Crippen molar-refractivity contribution in [2.24, 2.45) is 0 Å². The van der Waals surface area contributed by atoms with Crippen LogP contribution in [0.15, 0.2) is 90.1 Å². The van der Waals surface area contributed by atoms with Gasteiger partial charge in [-0.15, -0.1) is 11.3 Å². The maximum atomic E-state index is 14.7. The van der Waals surface area contributed by atoms with Crippen molar-refractivity contribution in [2.45, 2.75) is 0 Å². The van der Waals surface area contributed by atoms with Gasteiger partial charge in [-0.1, -0.05) is 30.3 Å². The molecule has 0 aliphatic heterocycles. The highest BCUT2D eigenvalue weighted by Crippen LogP contribution is 2.23. The van der Waals surface area contributed by atoms with Gasteiger partial charge in [0, 0.05) is 29.7 Å². The highest BCUT2D eigenvalue weighted by Gasteiger charge is 2.16. The zero-order valence-corrected chi connectivity index (χ0v) is 19.4. The molecule has 0 atom stereocenters. The summed E-state index contributed by atoms with van der Waals surface area (Å²) in [5, 5.41) is 23.7. The molecule has 9 heteroatoms. The molecule has 0 fully saturated rings. The van der Waals surface area contributed by atoms with E-state index in [1.165, 1.54) is 18.2 Å². The fourth-order valence-electron chi connectivity index (χ4n) is 3.70. The van der Waals surface area contributed by atoms with Crippen molar-refractivity contribution in [3.63, 3.8) is 0 Å². The number of aromatic nitrogens is 4. The number of hydrogen-bond acceptors (Lipinski definition) is 6. The molecule has 2 aromatic carbocycles. The van der Waals surface area contributed by atoms with E-state index in [1.54, 1.807) is 41.5 Å². The Morgan fingerprint density at radius 1 is 1.00 bits per heavy atom. The molecule has 0 N–H and O–H groups in total. The number of benzene rings is 2. The lowest BCUT2D eigenvalue weighted by Crippen LogP contribution is -2.31. The SMILES string of the molecule is N#CC(C#N)=c1sc(=Cc2cn(-c3ccccc3)nc2-c2cccnc2)c(=O)n1-c1ccccc1F. The number of nitrogens with zero attached hydrogens (tertiary/aromatic N) is 6. The normalized spacial score (nSPS) is 11.1. The van der Waals surface area contributed by atoms with E-state index in [0.717, 1.165) is 27.2 Å². The molecule has 0 amide bonds. The lowest BCUT2D eigenvalue weighted by Gasteiger charge is -2.03. The molecule has 0 saturated heterocycles. The van der Waals surface area contributed by atoms with Crippen LogP contribution in [0.2, 0.25) is 0 Å². The number of rotatable bonds is 4. The summed E-state index contributed by atoms with van der Waals surface area (Å²) in [7, 11) is 0. The van der Waals surface area contributed by atoms with Crippen molar-refractivity contribution in [3.05, 3.63) is 116 Å². The molecule has 0 bridgehead atoms.